The summed E-state index contributed by atoms with van der Waals surface area (Å²) >= 11 is 0. The third-order valence-corrected chi connectivity index (χ3v) is 4.35. The summed E-state index contributed by atoms with van der Waals surface area (Å²) in [6.45, 7) is 0.235. The first kappa shape index (κ1) is 17.0. The summed E-state index contributed by atoms with van der Waals surface area (Å²) in [5.74, 6) is -4.66. The van der Waals surface area contributed by atoms with Gasteiger partial charge in [-0.25, -0.2) is 17.6 Å². The van der Waals surface area contributed by atoms with E-state index in [0.29, 0.717) is 25.9 Å². The number of ether oxygens (including phenoxy) is 1. The number of carbonyl (C=O) groups excluding carboxylic acids is 1. The summed E-state index contributed by atoms with van der Waals surface area (Å²) in [5, 5.41) is 2.55. The molecule has 132 valence electrons. The molecule has 0 bridgehead atoms. The lowest BCUT2D eigenvalue weighted by atomic mass is 10.1. The van der Waals surface area contributed by atoms with E-state index in [9.17, 15) is 22.4 Å². The largest absolute Gasteiger partial charge is 0.487 e. The van der Waals surface area contributed by atoms with E-state index in [1.165, 1.54) is 11.0 Å². The zero-order valence-electron chi connectivity index (χ0n) is 12.9. The van der Waals surface area contributed by atoms with E-state index in [1.54, 1.807) is 0 Å². The molecule has 1 aromatic rings. The third-order valence-electron chi connectivity index (χ3n) is 4.35. The van der Waals surface area contributed by atoms with Gasteiger partial charge in [-0.05, 0) is 12.1 Å². The Bertz CT molecular complexity index is 618. The van der Waals surface area contributed by atoms with Crippen LogP contribution in [0.1, 0.15) is 19.3 Å². The Balaban J connectivity index is 1.51. The number of piperidine rings is 1. The second-order valence-electron chi connectivity index (χ2n) is 6.21. The first-order chi connectivity index (χ1) is 11.3. The average molecular weight is 346 g/mol. The summed E-state index contributed by atoms with van der Waals surface area (Å²) in [5.41, 5.74) is 0. The first-order valence-corrected chi connectivity index (χ1v) is 7.86. The fourth-order valence-corrected chi connectivity index (χ4v) is 3.05. The molecule has 1 atom stereocenters. The van der Waals surface area contributed by atoms with Crippen molar-refractivity contribution in [3.63, 3.8) is 0 Å². The normalized spacial score (nSPS) is 24.2. The molecular weight excluding hydrogens is 328 g/mol. The van der Waals surface area contributed by atoms with Crippen LogP contribution in [-0.4, -0.2) is 48.5 Å². The number of likely N-dealkylation sites (tertiary alicyclic amines) is 1. The lowest BCUT2D eigenvalue weighted by molar-refractivity contribution is -0.135. The fourth-order valence-electron chi connectivity index (χ4n) is 3.05. The Hall–Kier alpha value is -1.83. The molecule has 4 nitrogen and oxygen atoms in total. The van der Waals surface area contributed by atoms with Gasteiger partial charge in [0.25, 0.3) is 5.92 Å². The molecule has 0 radical (unpaired) electrons. The van der Waals surface area contributed by atoms with Crippen LogP contribution in [0.4, 0.5) is 17.6 Å². The number of halogens is 4. The molecule has 1 aromatic carbocycles. The van der Waals surface area contributed by atoms with Crippen LogP contribution in [0, 0.1) is 11.6 Å². The van der Waals surface area contributed by atoms with Crippen LogP contribution in [-0.2, 0) is 4.79 Å². The molecule has 24 heavy (non-hydrogen) atoms. The maximum absolute atomic E-state index is 13.6. The number of amides is 1. The molecule has 8 heteroatoms. The minimum Gasteiger partial charge on any atom is -0.487 e. The molecule has 2 saturated heterocycles. The summed E-state index contributed by atoms with van der Waals surface area (Å²) in [6.07, 6.45) is 0.146. The molecule has 2 aliphatic heterocycles. The van der Waals surface area contributed by atoms with Crippen LogP contribution in [0.15, 0.2) is 18.2 Å². The van der Waals surface area contributed by atoms with Gasteiger partial charge in [-0.15, -0.1) is 0 Å². The highest BCUT2D eigenvalue weighted by molar-refractivity contribution is 5.82. The van der Waals surface area contributed by atoms with Gasteiger partial charge < -0.3 is 9.64 Å². The number of benzene rings is 1. The maximum Gasteiger partial charge on any atom is 0.262 e. The highest BCUT2D eigenvalue weighted by atomic mass is 19.3. The smallest absolute Gasteiger partial charge is 0.262 e. The average Bonchev–Trinajstić information content (AvgIpc) is 2.90. The number of hydrogen-bond acceptors (Lipinski definition) is 3. The molecule has 3 rings (SSSR count). The molecular formula is C16H18F4N2O2. The Kier molecular flexibility index (Phi) is 4.67. The fraction of sp³-hybridized carbons (Fsp3) is 0.562. The summed E-state index contributed by atoms with van der Waals surface area (Å²) in [4.78, 5) is 13.8. The topological polar surface area (TPSA) is 41.6 Å². The van der Waals surface area contributed by atoms with Crippen molar-refractivity contribution < 1.29 is 27.1 Å². The highest BCUT2D eigenvalue weighted by Gasteiger charge is 2.43. The summed E-state index contributed by atoms with van der Waals surface area (Å²) in [7, 11) is 0. The number of alkyl halides is 2. The van der Waals surface area contributed by atoms with Crippen LogP contribution in [0.3, 0.4) is 0 Å². The standard InChI is InChI=1S/C16H18F4N2O2/c17-10-1-2-14(12(18)7-10)24-11-3-5-22(6-4-11)15(23)13-8-16(19,20)9-21-13/h1-2,7,11,13,21H,3-6,8-9H2. The predicted molar refractivity (Wildman–Crippen MR) is 77.9 cm³/mol. The van der Waals surface area contributed by atoms with Crippen LogP contribution in [0.25, 0.3) is 0 Å². The number of hydrogen-bond donors (Lipinski definition) is 1. The monoisotopic (exact) mass is 346 g/mol. The van der Waals surface area contributed by atoms with E-state index in [-0.39, 0.29) is 17.8 Å². The number of carbonyl (C=O) groups is 1. The van der Waals surface area contributed by atoms with E-state index >= 15 is 0 Å². The number of rotatable bonds is 3. The van der Waals surface area contributed by atoms with Crippen LogP contribution >= 0.6 is 0 Å². The minimum absolute atomic E-state index is 0.0294. The Morgan fingerprint density at radius 3 is 2.54 bits per heavy atom. The second-order valence-corrected chi connectivity index (χ2v) is 6.21. The van der Waals surface area contributed by atoms with Crippen molar-refractivity contribution in [1.29, 1.82) is 0 Å². The predicted octanol–water partition coefficient (Wildman–Crippen LogP) is 2.33. The molecule has 0 aliphatic carbocycles. The molecule has 1 N–H and O–H groups in total. The zero-order valence-corrected chi connectivity index (χ0v) is 12.9. The molecule has 0 spiro atoms. The highest BCUT2D eigenvalue weighted by Crippen LogP contribution is 2.27. The molecule has 2 aliphatic rings. The lowest BCUT2D eigenvalue weighted by Crippen LogP contribution is -2.48. The Morgan fingerprint density at radius 2 is 1.96 bits per heavy atom. The van der Waals surface area contributed by atoms with Crippen molar-refractivity contribution in [2.75, 3.05) is 19.6 Å². The van der Waals surface area contributed by atoms with Gasteiger partial charge in [-0.1, -0.05) is 0 Å². The number of nitrogens with one attached hydrogen (secondary N) is 1. The first-order valence-electron chi connectivity index (χ1n) is 7.86. The quantitative estimate of drug-likeness (QED) is 0.854. The van der Waals surface area contributed by atoms with E-state index < -0.39 is 36.6 Å². The van der Waals surface area contributed by atoms with Crippen LogP contribution < -0.4 is 10.1 Å². The van der Waals surface area contributed by atoms with Gasteiger partial charge >= 0.3 is 0 Å². The molecule has 1 amide bonds. The molecule has 2 heterocycles. The van der Waals surface area contributed by atoms with Crippen molar-refractivity contribution >= 4 is 5.91 Å². The van der Waals surface area contributed by atoms with Gasteiger partial charge in [0.05, 0.1) is 12.6 Å². The van der Waals surface area contributed by atoms with Crippen LogP contribution in [0.2, 0.25) is 0 Å². The maximum atomic E-state index is 13.6. The van der Waals surface area contributed by atoms with Gasteiger partial charge in [0.1, 0.15) is 11.9 Å². The van der Waals surface area contributed by atoms with E-state index in [2.05, 4.69) is 5.32 Å². The zero-order chi connectivity index (χ0) is 17.3. The van der Waals surface area contributed by atoms with E-state index in [0.717, 1.165) is 12.1 Å². The van der Waals surface area contributed by atoms with E-state index in [4.69, 9.17) is 4.74 Å². The van der Waals surface area contributed by atoms with Gasteiger partial charge in [0.2, 0.25) is 5.91 Å². The second kappa shape index (κ2) is 6.58. The SMILES string of the molecule is O=C(C1CC(F)(F)CN1)N1CCC(Oc2ccc(F)cc2F)CC1. The minimum atomic E-state index is -2.85. The summed E-state index contributed by atoms with van der Waals surface area (Å²) < 4.78 is 58.3. The lowest BCUT2D eigenvalue weighted by Gasteiger charge is -2.33. The molecule has 0 aromatic heterocycles. The van der Waals surface area contributed by atoms with Gasteiger partial charge in [-0.2, -0.15) is 0 Å². The Labute approximate surface area is 136 Å². The molecule has 1 unspecified atom stereocenters. The number of nitrogens with zero attached hydrogens (tertiary/aromatic N) is 1. The van der Waals surface area contributed by atoms with Crippen molar-refractivity contribution in [3.05, 3.63) is 29.8 Å². The van der Waals surface area contributed by atoms with Crippen LogP contribution in [0.5, 0.6) is 5.75 Å². The van der Waals surface area contributed by atoms with Crippen molar-refractivity contribution in [2.45, 2.75) is 37.3 Å². The van der Waals surface area contributed by atoms with Crippen molar-refractivity contribution in [1.82, 2.24) is 10.2 Å². The Morgan fingerprint density at radius 1 is 1.25 bits per heavy atom. The van der Waals surface area contributed by atoms with Gasteiger partial charge in [0.15, 0.2) is 11.6 Å². The van der Waals surface area contributed by atoms with Gasteiger partial charge in [0, 0.05) is 38.4 Å². The molecule has 2 fully saturated rings. The van der Waals surface area contributed by atoms with Crippen molar-refractivity contribution in [2.24, 2.45) is 0 Å². The van der Waals surface area contributed by atoms with Crippen molar-refractivity contribution in [3.8, 4) is 5.75 Å². The third kappa shape index (κ3) is 3.80. The van der Waals surface area contributed by atoms with E-state index in [1.807, 2.05) is 0 Å². The van der Waals surface area contributed by atoms with Gasteiger partial charge in [-0.3, -0.25) is 10.1 Å². The molecule has 0 saturated carbocycles. The summed E-state index contributed by atoms with van der Waals surface area (Å²) in [6, 6.07) is 2.24.